The summed E-state index contributed by atoms with van der Waals surface area (Å²) in [5.74, 6) is -2.69. The van der Waals surface area contributed by atoms with Gasteiger partial charge < -0.3 is 15.3 Å². The monoisotopic (exact) mass is 380 g/mol. The zero-order chi connectivity index (χ0) is 19.2. The predicted octanol–water partition coefficient (Wildman–Crippen LogP) is 0.708. The number of benzene rings is 1. The average Bonchev–Trinajstić information content (AvgIpc) is 2.85. The van der Waals surface area contributed by atoms with Gasteiger partial charge in [0.2, 0.25) is 5.91 Å². The Bertz CT molecular complexity index is 820. The molecule has 2 aliphatic rings. The minimum atomic E-state index is -1.33. The number of aliphatic carboxylic acids is 1. The number of thioether (sulfide) groups is 1. The number of aliphatic hydroxyl groups excluding tert-OH is 2. The SMILES string of the molecule is C[C@@H](O)[C@H]1C(=O)N2C(C(=O)O)=C(CO)S[C@]12Cc1ccc([N+](=O)[O-])cc1. The van der Waals surface area contributed by atoms with Crippen molar-refractivity contribution in [1.29, 1.82) is 0 Å². The number of fused-ring (bicyclic) bond motifs is 1. The van der Waals surface area contributed by atoms with Gasteiger partial charge in [0.05, 0.1) is 23.6 Å². The third kappa shape index (κ3) is 2.57. The van der Waals surface area contributed by atoms with Crippen molar-refractivity contribution in [2.75, 3.05) is 6.61 Å². The first-order chi connectivity index (χ1) is 12.2. The zero-order valence-electron chi connectivity index (χ0n) is 13.7. The number of carbonyl (C=O) groups is 2. The Kier molecular flexibility index (Phi) is 4.51. The summed E-state index contributed by atoms with van der Waals surface area (Å²) in [5.41, 5.74) is 0.288. The molecule has 3 atom stereocenters. The van der Waals surface area contributed by atoms with Crippen LogP contribution in [0.4, 0.5) is 5.69 Å². The highest BCUT2D eigenvalue weighted by Gasteiger charge is 2.68. The molecule has 1 saturated heterocycles. The van der Waals surface area contributed by atoms with Crippen molar-refractivity contribution in [3.8, 4) is 0 Å². The largest absolute Gasteiger partial charge is 0.477 e. The van der Waals surface area contributed by atoms with Crippen molar-refractivity contribution in [3.63, 3.8) is 0 Å². The molecule has 0 bridgehead atoms. The van der Waals surface area contributed by atoms with Crippen LogP contribution in [0.1, 0.15) is 12.5 Å². The van der Waals surface area contributed by atoms with E-state index in [1.807, 2.05) is 0 Å². The smallest absolute Gasteiger partial charge is 0.353 e. The van der Waals surface area contributed by atoms with Crippen molar-refractivity contribution < 1.29 is 29.8 Å². The molecule has 0 saturated carbocycles. The molecular weight excluding hydrogens is 364 g/mol. The Morgan fingerprint density at radius 1 is 1.42 bits per heavy atom. The van der Waals surface area contributed by atoms with Crippen LogP contribution < -0.4 is 0 Å². The van der Waals surface area contributed by atoms with Crippen molar-refractivity contribution in [3.05, 3.63) is 50.5 Å². The van der Waals surface area contributed by atoms with Gasteiger partial charge in [-0.1, -0.05) is 23.9 Å². The van der Waals surface area contributed by atoms with E-state index in [1.165, 1.54) is 31.2 Å². The quantitative estimate of drug-likeness (QED) is 0.372. The van der Waals surface area contributed by atoms with E-state index in [1.54, 1.807) is 0 Å². The molecule has 1 amide bonds. The Morgan fingerprint density at radius 2 is 2.04 bits per heavy atom. The predicted molar refractivity (Wildman–Crippen MR) is 90.9 cm³/mol. The second kappa shape index (κ2) is 6.38. The minimum absolute atomic E-state index is 0.0839. The maximum absolute atomic E-state index is 12.5. The van der Waals surface area contributed by atoms with Crippen LogP contribution in [0.3, 0.4) is 0 Å². The van der Waals surface area contributed by atoms with E-state index in [4.69, 9.17) is 0 Å². The highest BCUT2D eigenvalue weighted by molar-refractivity contribution is 8.04. The maximum Gasteiger partial charge on any atom is 0.353 e. The molecule has 138 valence electrons. The summed E-state index contributed by atoms with van der Waals surface area (Å²) < 4.78 is 0. The number of aliphatic hydroxyl groups is 2. The van der Waals surface area contributed by atoms with Gasteiger partial charge >= 0.3 is 5.97 Å². The van der Waals surface area contributed by atoms with Crippen LogP contribution in [0, 0.1) is 16.0 Å². The number of non-ortho nitro benzene ring substituents is 1. The average molecular weight is 380 g/mol. The summed E-state index contributed by atoms with van der Waals surface area (Å²) in [6.45, 7) is 0.917. The van der Waals surface area contributed by atoms with Crippen molar-refractivity contribution in [2.45, 2.75) is 24.3 Å². The topological polar surface area (TPSA) is 141 Å². The van der Waals surface area contributed by atoms with Crippen LogP contribution in [-0.2, 0) is 16.0 Å². The van der Waals surface area contributed by atoms with Gasteiger partial charge in [0.25, 0.3) is 5.69 Å². The Hall–Kier alpha value is -2.43. The second-order valence-electron chi connectivity index (χ2n) is 6.17. The van der Waals surface area contributed by atoms with Gasteiger partial charge in [-0.25, -0.2) is 4.79 Å². The molecule has 0 unspecified atom stereocenters. The minimum Gasteiger partial charge on any atom is -0.477 e. The van der Waals surface area contributed by atoms with Gasteiger partial charge in [0.1, 0.15) is 10.6 Å². The summed E-state index contributed by atoms with van der Waals surface area (Å²) >= 11 is 1.05. The summed E-state index contributed by atoms with van der Waals surface area (Å²) in [7, 11) is 0. The normalized spacial score (nSPS) is 25.7. The molecule has 1 aromatic carbocycles. The zero-order valence-corrected chi connectivity index (χ0v) is 14.5. The van der Waals surface area contributed by atoms with Crippen LogP contribution >= 0.6 is 11.8 Å². The number of nitrogens with zero attached hydrogens (tertiary/aromatic N) is 2. The molecule has 9 nitrogen and oxygen atoms in total. The molecule has 1 aromatic rings. The lowest BCUT2D eigenvalue weighted by Crippen LogP contribution is -2.70. The molecule has 0 spiro atoms. The van der Waals surface area contributed by atoms with E-state index >= 15 is 0 Å². The summed E-state index contributed by atoms with van der Waals surface area (Å²) in [4.78, 5) is 34.5. The molecule has 0 aromatic heterocycles. The van der Waals surface area contributed by atoms with E-state index < -0.39 is 40.3 Å². The maximum atomic E-state index is 12.5. The molecular formula is C16H16N2O7S. The fourth-order valence-electron chi connectivity index (χ4n) is 3.54. The fraction of sp³-hybridized carbons (Fsp3) is 0.375. The van der Waals surface area contributed by atoms with E-state index in [0.29, 0.717) is 5.56 Å². The Labute approximate surface area is 152 Å². The van der Waals surface area contributed by atoms with Gasteiger partial charge in [0.15, 0.2) is 0 Å². The summed E-state index contributed by atoms with van der Waals surface area (Å²) in [6, 6.07) is 5.72. The van der Waals surface area contributed by atoms with Crippen molar-refractivity contribution in [1.82, 2.24) is 4.90 Å². The molecule has 0 aliphatic carbocycles. The molecule has 1 fully saturated rings. The highest BCUT2D eigenvalue weighted by Crippen LogP contribution is 2.60. The molecule has 10 heteroatoms. The van der Waals surface area contributed by atoms with E-state index in [2.05, 4.69) is 0 Å². The van der Waals surface area contributed by atoms with Crippen LogP contribution in [0.2, 0.25) is 0 Å². The number of amides is 1. The number of carboxylic acids is 1. The molecule has 2 aliphatic heterocycles. The lowest BCUT2D eigenvalue weighted by Gasteiger charge is -2.54. The molecule has 3 N–H and O–H groups in total. The van der Waals surface area contributed by atoms with Crippen LogP contribution in [0.15, 0.2) is 34.9 Å². The number of β-lactam (4-membered cyclic amide) rings is 1. The van der Waals surface area contributed by atoms with E-state index in [-0.39, 0.29) is 22.7 Å². The molecule has 26 heavy (non-hydrogen) atoms. The fourth-order valence-corrected chi connectivity index (χ4v) is 5.25. The lowest BCUT2D eigenvalue weighted by molar-refractivity contribution is -0.384. The van der Waals surface area contributed by atoms with Crippen molar-refractivity contribution in [2.24, 2.45) is 5.92 Å². The number of hydrogen-bond donors (Lipinski definition) is 3. The Morgan fingerprint density at radius 3 is 2.50 bits per heavy atom. The Balaban J connectivity index is 1.99. The molecule has 0 radical (unpaired) electrons. The number of hydrogen-bond acceptors (Lipinski definition) is 7. The van der Waals surface area contributed by atoms with Gasteiger partial charge in [0, 0.05) is 23.5 Å². The second-order valence-corrected chi connectivity index (χ2v) is 7.58. The first-order valence-electron chi connectivity index (χ1n) is 7.74. The van der Waals surface area contributed by atoms with Crippen LogP contribution in [-0.4, -0.2) is 54.6 Å². The third-order valence-corrected chi connectivity index (χ3v) is 6.07. The van der Waals surface area contributed by atoms with E-state index in [0.717, 1.165) is 16.7 Å². The first kappa shape index (κ1) is 18.4. The van der Waals surface area contributed by atoms with Crippen LogP contribution in [0.5, 0.6) is 0 Å². The number of rotatable bonds is 6. The first-order valence-corrected chi connectivity index (χ1v) is 8.56. The van der Waals surface area contributed by atoms with Gasteiger partial charge in [-0.15, -0.1) is 0 Å². The summed E-state index contributed by atoms with van der Waals surface area (Å²) in [6.07, 6.45) is -0.838. The number of carbonyl (C=O) groups excluding carboxylic acids is 1. The molecule has 2 heterocycles. The number of nitro groups is 1. The lowest BCUT2D eigenvalue weighted by atomic mass is 9.78. The summed E-state index contributed by atoms with van der Waals surface area (Å²) in [5, 5.41) is 39.8. The van der Waals surface area contributed by atoms with Crippen molar-refractivity contribution >= 4 is 29.3 Å². The van der Waals surface area contributed by atoms with E-state index in [9.17, 15) is 35.0 Å². The number of carboxylic acid groups (broad SMARTS) is 1. The third-order valence-electron chi connectivity index (χ3n) is 4.57. The van der Waals surface area contributed by atoms with Gasteiger partial charge in [-0.05, 0) is 12.5 Å². The van der Waals surface area contributed by atoms with Gasteiger partial charge in [-0.3, -0.25) is 19.8 Å². The standard InChI is InChI=1S/C16H16N2O7S/c1-8(20)12-14(21)17-13(15(22)23)11(7-19)26-16(12,17)6-9-2-4-10(5-3-9)18(24)25/h2-5,8,12,19-20H,6-7H2,1H3,(H,22,23)/t8-,12+,16-/m1/s1. The molecule has 3 rings (SSSR count). The van der Waals surface area contributed by atoms with Crippen LogP contribution in [0.25, 0.3) is 0 Å². The highest BCUT2D eigenvalue weighted by atomic mass is 32.2. The number of nitro benzene ring substituents is 1. The van der Waals surface area contributed by atoms with Gasteiger partial charge in [-0.2, -0.15) is 0 Å².